The summed E-state index contributed by atoms with van der Waals surface area (Å²) < 4.78 is 0. The SMILES string of the molecule is Cc1cccc(NC(=S)NCCN2CCN(c3cccc(C)c3C)CC2)c1C. The van der Waals surface area contributed by atoms with Crippen LogP contribution in [0.25, 0.3) is 0 Å². The highest BCUT2D eigenvalue weighted by Crippen LogP contribution is 2.23. The summed E-state index contributed by atoms with van der Waals surface area (Å²) in [6, 6.07) is 12.9. The molecule has 1 aliphatic rings. The third-order valence-electron chi connectivity index (χ3n) is 5.86. The fourth-order valence-corrected chi connectivity index (χ4v) is 3.88. The molecular formula is C23H32N4S. The van der Waals surface area contributed by atoms with E-state index in [-0.39, 0.29) is 0 Å². The predicted octanol–water partition coefficient (Wildman–Crippen LogP) is 4.03. The third kappa shape index (κ3) is 5.03. The molecule has 1 saturated heterocycles. The Hall–Kier alpha value is -2.11. The highest BCUT2D eigenvalue weighted by atomic mass is 32.1. The summed E-state index contributed by atoms with van der Waals surface area (Å²) in [6.07, 6.45) is 0. The van der Waals surface area contributed by atoms with Gasteiger partial charge in [0.25, 0.3) is 0 Å². The van der Waals surface area contributed by atoms with Gasteiger partial charge in [0.1, 0.15) is 0 Å². The minimum atomic E-state index is 0.697. The molecule has 4 nitrogen and oxygen atoms in total. The monoisotopic (exact) mass is 396 g/mol. The first kappa shape index (κ1) is 20.6. The van der Waals surface area contributed by atoms with Crippen molar-refractivity contribution in [3.8, 4) is 0 Å². The molecule has 0 aliphatic carbocycles. The van der Waals surface area contributed by atoms with Crippen LogP contribution < -0.4 is 15.5 Å². The fraction of sp³-hybridized carbons (Fsp3) is 0.435. The lowest BCUT2D eigenvalue weighted by atomic mass is 10.1. The van der Waals surface area contributed by atoms with Crippen LogP contribution >= 0.6 is 12.2 Å². The molecule has 1 fully saturated rings. The number of piperazine rings is 1. The Balaban J connectivity index is 1.41. The molecule has 0 bridgehead atoms. The normalized spacial score (nSPS) is 14.8. The van der Waals surface area contributed by atoms with Gasteiger partial charge in [0.05, 0.1) is 0 Å². The molecule has 150 valence electrons. The summed E-state index contributed by atoms with van der Waals surface area (Å²) in [5, 5.41) is 7.37. The number of rotatable bonds is 5. The van der Waals surface area contributed by atoms with Crippen LogP contribution in [0, 0.1) is 27.7 Å². The van der Waals surface area contributed by atoms with E-state index < -0.39 is 0 Å². The highest BCUT2D eigenvalue weighted by molar-refractivity contribution is 7.80. The number of thiocarbonyl (C=S) groups is 1. The van der Waals surface area contributed by atoms with E-state index in [1.165, 1.54) is 27.9 Å². The number of hydrogen-bond acceptors (Lipinski definition) is 3. The molecule has 0 amide bonds. The van der Waals surface area contributed by atoms with Crippen molar-refractivity contribution >= 4 is 28.7 Å². The number of nitrogens with one attached hydrogen (secondary N) is 2. The van der Waals surface area contributed by atoms with Gasteiger partial charge in [-0.15, -0.1) is 0 Å². The second kappa shape index (κ2) is 9.39. The summed E-state index contributed by atoms with van der Waals surface area (Å²) in [7, 11) is 0. The standard InChI is InChI=1S/C23H32N4S/c1-17-7-5-9-21(19(17)3)25-23(28)24-11-12-26-13-15-27(16-14-26)22-10-6-8-18(2)20(22)4/h5-10H,11-16H2,1-4H3,(H2,24,25,28). The Bertz CT molecular complexity index is 825. The van der Waals surface area contributed by atoms with Crippen molar-refractivity contribution in [1.29, 1.82) is 0 Å². The second-order valence-electron chi connectivity index (χ2n) is 7.68. The number of anilines is 2. The molecule has 0 saturated carbocycles. The third-order valence-corrected chi connectivity index (χ3v) is 6.10. The fourth-order valence-electron chi connectivity index (χ4n) is 3.67. The number of aryl methyl sites for hydroxylation is 2. The molecule has 5 heteroatoms. The van der Waals surface area contributed by atoms with Crippen molar-refractivity contribution in [2.75, 3.05) is 49.5 Å². The lowest BCUT2D eigenvalue weighted by Gasteiger charge is -2.37. The van der Waals surface area contributed by atoms with Gasteiger partial charge in [-0.3, -0.25) is 4.90 Å². The molecule has 2 N–H and O–H groups in total. The van der Waals surface area contributed by atoms with Crippen LogP contribution in [0.5, 0.6) is 0 Å². The molecule has 0 spiro atoms. The average Bonchev–Trinajstić information content (AvgIpc) is 2.68. The van der Waals surface area contributed by atoms with Crippen LogP contribution in [0.4, 0.5) is 11.4 Å². The lowest BCUT2D eigenvalue weighted by Crippen LogP contribution is -2.48. The Kier molecular flexibility index (Phi) is 6.92. The highest BCUT2D eigenvalue weighted by Gasteiger charge is 2.18. The van der Waals surface area contributed by atoms with Crippen LogP contribution in [-0.2, 0) is 0 Å². The maximum Gasteiger partial charge on any atom is 0.170 e. The van der Waals surface area contributed by atoms with E-state index in [4.69, 9.17) is 12.2 Å². The molecule has 2 aromatic rings. The minimum absolute atomic E-state index is 0.697. The minimum Gasteiger partial charge on any atom is -0.369 e. The van der Waals surface area contributed by atoms with E-state index in [1.807, 2.05) is 0 Å². The Morgan fingerprint density at radius 2 is 1.54 bits per heavy atom. The zero-order valence-corrected chi connectivity index (χ0v) is 18.3. The summed E-state index contributed by atoms with van der Waals surface area (Å²) in [5.41, 5.74) is 7.76. The molecular weight excluding hydrogens is 364 g/mol. The molecule has 0 unspecified atom stereocenters. The Morgan fingerprint density at radius 1 is 0.893 bits per heavy atom. The van der Waals surface area contributed by atoms with E-state index >= 15 is 0 Å². The van der Waals surface area contributed by atoms with Crippen molar-refractivity contribution in [2.45, 2.75) is 27.7 Å². The molecule has 0 radical (unpaired) electrons. The largest absolute Gasteiger partial charge is 0.369 e. The van der Waals surface area contributed by atoms with Crippen LogP contribution in [0.15, 0.2) is 36.4 Å². The molecule has 0 atom stereocenters. The molecule has 28 heavy (non-hydrogen) atoms. The zero-order chi connectivity index (χ0) is 20.1. The molecule has 3 rings (SSSR count). The van der Waals surface area contributed by atoms with Gasteiger partial charge in [0.15, 0.2) is 5.11 Å². The smallest absolute Gasteiger partial charge is 0.170 e. The molecule has 1 heterocycles. The lowest BCUT2D eigenvalue weighted by molar-refractivity contribution is 0.262. The topological polar surface area (TPSA) is 30.5 Å². The molecule has 1 aliphatic heterocycles. The predicted molar refractivity (Wildman–Crippen MR) is 125 cm³/mol. The van der Waals surface area contributed by atoms with Crippen molar-refractivity contribution < 1.29 is 0 Å². The van der Waals surface area contributed by atoms with E-state index in [9.17, 15) is 0 Å². The second-order valence-corrected chi connectivity index (χ2v) is 8.08. The van der Waals surface area contributed by atoms with Crippen LogP contribution in [0.1, 0.15) is 22.3 Å². The average molecular weight is 397 g/mol. The first-order valence-electron chi connectivity index (χ1n) is 10.1. The summed E-state index contributed by atoms with van der Waals surface area (Å²) in [5.74, 6) is 0. The molecule has 2 aromatic carbocycles. The van der Waals surface area contributed by atoms with Crippen molar-refractivity contribution in [2.24, 2.45) is 0 Å². The first-order chi connectivity index (χ1) is 13.5. The van der Waals surface area contributed by atoms with Gasteiger partial charge in [0.2, 0.25) is 0 Å². The van der Waals surface area contributed by atoms with Gasteiger partial charge in [-0.2, -0.15) is 0 Å². The van der Waals surface area contributed by atoms with Gasteiger partial charge < -0.3 is 15.5 Å². The zero-order valence-electron chi connectivity index (χ0n) is 17.5. The number of nitrogens with zero attached hydrogens (tertiary/aromatic N) is 2. The van der Waals surface area contributed by atoms with E-state index in [0.717, 1.165) is 45.0 Å². The van der Waals surface area contributed by atoms with Gasteiger partial charge in [-0.05, 0) is 74.3 Å². The van der Waals surface area contributed by atoms with Crippen LogP contribution in [0.3, 0.4) is 0 Å². The van der Waals surface area contributed by atoms with E-state index in [0.29, 0.717) is 5.11 Å². The van der Waals surface area contributed by atoms with Gasteiger partial charge in [-0.1, -0.05) is 24.3 Å². The van der Waals surface area contributed by atoms with Crippen molar-refractivity contribution in [1.82, 2.24) is 10.2 Å². The summed E-state index contributed by atoms with van der Waals surface area (Å²) in [4.78, 5) is 5.02. The van der Waals surface area contributed by atoms with Gasteiger partial charge in [-0.25, -0.2) is 0 Å². The summed E-state index contributed by atoms with van der Waals surface area (Å²) in [6.45, 7) is 14.9. The Morgan fingerprint density at radius 3 is 2.25 bits per heavy atom. The number of hydrogen-bond donors (Lipinski definition) is 2. The van der Waals surface area contributed by atoms with E-state index in [2.05, 4.69) is 84.5 Å². The van der Waals surface area contributed by atoms with Gasteiger partial charge >= 0.3 is 0 Å². The van der Waals surface area contributed by atoms with Gasteiger partial charge in [0, 0.05) is 50.6 Å². The Labute approximate surface area is 174 Å². The van der Waals surface area contributed by atoms with Crippen molar-refractivity contribution in [3.63, 3.8) is 0 Å². The van der Waals surface area contributed by atoms with Crippen LogP contribution in [-0.4, -0.2) is 49.3 Å². The maximum atomic E-state index is 5.47. The van der Waals surface area contributed by atoms with E-state index in [1.54, 1.807) is 0 Å². The first-order valence-corrected chi connectivity index (χ1v) is 10.5. The molecule has 0 aromatic heterocycles. The maximum absolute atomic E-state index is 5.47. The van der Waals surface area contributed by atoms with Crippen molar-refractivity contribution in [3.05, 3.63) is 58.7 Å². The summed E-state index contributed by atoms with van der Waals surface area (Å²) >= 11 is 5.47. The number of benzene rings is 2. The van der Waals surface area contributed by atoms with Crippen LogP contribution in [0.2, 0.25) is 0 Å². The quantitative estimate of drug-likeness (QED) is 0.745.